The van der Waals surface area contributed by atoms with Gasteiger partial charge in [0.2, 0.25) is 0 Å². The van der Waals surface area contributed by atoms with Crippen molar-refractivity contribution in [3.63, 3.8) is 0 Å². The Balaban J connectivity index is 1.84. The summed E-state index contributed by atoms with van der Waals surface area (Å²) < 4.78 is 4.97. The Labute approximate surface area is 143 Å². The summed E-state index contributed by atoms with van der Waals surface area (Å²) in [5.41, 5.74) is 1.99. The maximum atomic E-state index is 12.4. The van der Waals surface area contributed by atoms with E-state index in [-0.39, 0.29) is 10.7 Å². The average Bonchev–Trinajstić information content (AvgIpc) is 3.17. The minimum atomic E-state index is -0.749. The molecule has 2 heterocycles. The molecule has 6 heteroatoms. The number of carbonyl (C=O) groups is 3. The van der Waals surface area contributed by atoms with Crippen molar-refractivity contribution in [2.75, 3.05) is 0 Å². The van der Waals surface area contributed by atoms with E-state index in [9.17, 15) is 14.4 Å². The Kier molecular flexibility index (Phi) is 4.40. The zero-order valence-corrected chi connectivity index (χ0v) is 14.0. The van der Waals surface area contributed by atoms with Gasteiger partial charge in [-0.3, -0.25) is 14.4 Å². The summed E-state index contributed by atoms with van der Waals surface area (Å²) in [6, 6.07) is 10.7. The molecule has 3 amide bonds. The number of amides is 3. The average molecular weight is 341 g/mol. The van der Waals surface area contributed by atoms with E-state index in [1.165, 1.54) is 24.0 Å². The van der Waals surface area contributed by atoms with Crippen LogP contribution in [0.15, 0.2) is 52.0 Å². The van der Waals surface area contributed by atoms with Crippen LogP contribution >= 0.6 is 11.8 Å². The van der Waals surface area contributed by atoms with Crippen molar-refractivity contribution >= 4 is 34.9 Å². The van der Waals surface area contributed by atoms with Gasteiger partial charge in [-0.1, -0.05) is 38.1 Å². The number of hydrogen-bond donors (Lipinski definition) is 0. The van der Waals surface area contributed by atoms with Crippen molar-refractivity contribution in [2.24, 2.45) is 0 Å². The summed E-state index contributed by atoms with van der Waals surface area (Å²) >= 11 is 0.749. The molecule has 1 aliphatic rings. The molecule has 0 unspecified atom stereocenters. The summed E-state index contributed by atoms with van der Waals surface area (Å²) in [7, 11) is 0. The second-order valence-electron chi connectivity index (χ2n) is 5.62. The van der Waals surface area contributed by atoms with Crippen molar-refractivity contribution in [3.05, 3.63) is 64.5 Å². The van der Waals surface area contributed by atoms with Gasteiger partial charge < -0.3 is 4.42 Å². The van der Waals surface area contributed by atoms with Gasteiger partial charge in [0.15, 0.2) is 5.76 Å². The maximum Gasteiger partial charge on any atom is 0.303 e. The molecule has 2 aromatic rings. The Morgan fingerprint density at radius 3 is 2.46 bits per heavy atom. The highest BCUT2D eigenvalue weighted by Crippen LogP contribution is 2.33. The molecule has 0 atom stereocenters. The zero-order chi connectivity index (χ0) is 17.3. The van der Waals surface area contributed by atoms with E-state index in [0.717, 1.165) is 17.3 Å². The third kappa shape index (κ3) is 3.05. The van der Waals surface area contributed by atoms with Crippen molar-refractivity contribution in [2.45, 2.75) is 19.8 Å². The van der Waals surface area contributed by atoms with Gasteiger partial charge in [-0.15, -0.1) is 0 Å². The number of thioether (sulfide) groups is 1. The maximum absolute atomic E-state index is 12.4. The van der Waals surface area contributed by atoms with Gasteiger partial charge in [0.1, 0.15) is 0 Å². The molecule has 24 heavy (non-hydrogen) atoms. The van der Waals surface area contributed by atoms with Crippen LogP contribution in [0.25, 0.3) is 6.08 Å². The van der Waals surface area contributed by atoms with Crippen molar-refractivity contribution in [3.8, 4) is 0 Å². The van der Waals surface area contributed by atoms with E-state index < -0.39 is 17.1 Å². The molecule has 0 aliphatic carbocycles. The third-order valence-corrected chi connectivity index (χ3v) is 4.50. The van der Waals surface area contributed by atoms with Gasteiger partial charge in [-0.05, 0) is 47.0 Å². The highest BCUT2D eigenvalue weighted by atomic mass is 32.2. The fourth-order valence-electron chi connectivity index (χ4n) is 2.28. The number of carbonyl (C=O) groups excluding carboxylic acids is 3. The second-order valence-corrected chi connectivity index (χ2v) is 6.61. The molecule has 0 saturated carbocycles. The van der Waals surface area contributed by atoms with Crippen LogP contribution in [0.1, 0.15) is 41.4 Å². The van der Waals surface area contributed by atoms with E-state index in [4.69, 9.17) is 4.42 Å². The molecule has 0 spiro atoms. The fraction of sp³-hybridized carbons (Fsp3) is 0.167. The molecule has 0 radical (unpaired) electrons. The van der Waals surface area contributed by atoms with Gasteiger partial charge in [-0.25, -0.2) is 0 Å². The molecular formula is C18H15NO4S. The molecule has 1 fully saturated rings. The summed E-state index contributed by atoms with van der Waals surface area (Å²) in [6.07, 6.45) is 2.93. The van der Waals surface area contributed by atoms with E-state index in [1.54, 1.807) is 6.08 Å². The predicted octanol–water partition coefficient (Wildman–Crippen LogP) is 4.28. The Morgan fingerprint density at radius 1 is 1.17 bits per heavy atom. The largest absolute Gasteiger partial charge is 0.459 e. The molecular weight excluding hydrogens is 326 g/mol. The molecule has 122 valence electrons. The first-order valence-electron chi connectivity index (χ1n) is 7.43. The van der Waals surface area contributed by atoms with E-state index in [0.29, 0.717) is 10.8 Å². The predicted molar refractivity (Wildman–Crippen MR) is 91.4 cm³/mol. The number of nitrogens with zero attached hydrogens (tertiary/aromatic N) is 1. The van der Waals surface area contributed by atoms with Crippen LogP contribution in [0.3, 0.4) is 0 Å². The number of hydrogen-bond acceptors (Lipinski definition) is 5. The Bertz CT molecular complexity index is 819. The second kappa shape index (κ2) is 6.49. The van der Waals surface area contributed by atoms with Crippen molar-refractivity contribution in [1.29, 1.82) is 0 Å². The first-order chi connectivity index (χ1) is 11.5. The number of imide groups is 3. The van der Waals surface area contributed by atoms with Gasteiger partial charge in [0.05, 0.1) is 11.2 Å². The van der Waals surface area contributed by atoms with Crippen LogP contribution in [-0.2, 0) is 4.79 Å². The smallest absolute Gasteiger partial charge is 0.303 e. The Morgan fingerprint density at radius 2 is 1.88 bits per heavy atom. The summed E-state index contributed by atoms with van der Waals surface area (Å²) in [4.78, 5) is 37.4. The summed E-state index contributed by atoms with van der Waals surface area (Å²) in [5.74, 6) is -1.00. The van der Waals surface area contributed by atoms with Crippen LogP contribution in [0.5, 0.6) is 0 Å². The lowest BCUT2D eigenvalue weighted by molar-refractivity contribution is -0.120. The number of rotatable bonds is 3. The molecule has 0 N–H and O–H groups in total. The van der Waals surface area contributed by atoms with Crippen LogP contribution in [-0.4, -0.2) is 22.0 Å². The summed E-state index contributed by atoms with van der Waals surface area (Å²) in [6.45, 7) is 4.20. The van der Waals surface area contributed by atoms with Crippen molar-refractivity contribution < 1.29 is 18.8 Å². The summed E-state index contributed by atoms with van der Waals surface area (Å²) in [5, 5.41) is -0.619. The van der Waals surface area contributed by atoms with Gasteiger partial charge in [-0.2, -0.15) is 4.90 Å². The minimum Gasteiger partial charge on any atom is -0.459 e. The number of furan rings is 1. The standard InChI is InChI=1S/C18H15NO4S/c1-11(2)13-7-5-12(6-8-13)10-15-17(21)19(18(22)24-15)16(20)14-4-3-9-23-14/h3-11H,1-2H3/b15-10+. The van der Waals surface area contributed by atoms with E-state index in [2.05, 4.69) is 13.8 Å². The lowest BCUT2D eigenvalue weighted by atomic mass is 10.0. The first kappa shape index (κ1) is 16.3. The molecule has 1 aromatic carbocycles. The molecule has 1 saturated heterocycles. The highest BCUT2D eigenvalue weighted by molar-refractivity contribution is 8.18. The third-order valence-electron chi connectivity index (χ3n) is 3.63. The molecule has 1 aromatic heterocycles. The van der Waals surface area contributed by atoms with E-state index in [1.807, 2.05) is 24.3 Å². The fourth-order valence-corrected chi connectivity index (χ4v) is 3.10. The van der Waals surface area contributed by atoms with E-state index >= 15 is 0 Å². The van der Waals surface area contributed by atoms with Gasteiger partial charge in [0, 0.05) is 0 Å². The van der Waals surface area contributed by atoms with Gasteiger partial charge in [0.25, 0.3) is 5.91 Å². The molecule has 1 aliphatic heterocycles. The van der Waals surface area contributed by atoms with Crippen LogP contribution in [0, 0.1) is 0 Å². The van der Waals surface area contributed by atoms with Gasteiger partial charge >= 0.3 is 11.1 Å². The normalized spacial score (nSPS) is 16.5. The SMILES string of the molecule is CC(C)c1ccc(/C=C2/SC(=O)N(C(=O)c3ccco3)C2=O)cc1. The molecule has 3 rings (SSSR count). The van der Waals surface area contributed by atoms with Crippen LogP contribution in [0.4, 0.5) is 4.79 Å². The first-order valence-corrected chi connectivity index (χ1v) is 8.25. The molecule has 5 nitrogen and oxygen atoms in total. The van der Waals surface area contributed by atoms with Crippen molar-refractivity contribution in [1.82, 2.24) is 4.90 Å². The topological polar surface area (TPSA) is 67.6 Å². The lowest BCUT2D eigenvalue weighted by Crippen LogP contribution is -2.34. The Hall–Kier alpha value is -2.60. The monoisotopic (exact) mass is 341 g/mol. The quantitative estimate of drug-likeness (QED) is 0.616. The number of benzene rings is 1. The zero-order valence-electron chi connectivity index (χ0n) is 13.2. The minimum absolute atomic E-state index is 0.0418. The lowest BCUT2D eigenvalue weighted by Gasteiger charge is -2.07. The highest BCUT2D eigenvalue weighted by Gasteiger charge is 2.41. The van der Waals surface area contributed by atoms with Crippen LogP contribution in [0.2, 0.25) is 0 Å². The molecule has 0 bridgehead atoms. The van der Waals surface area contributed by atoms with Crippen LogP contribution < -0.4 is 0 Å².